The van der Waals surface area contributed by atoms with E-state index in [0.29, 0.717) is 0 Å². The molecule has 2 aromatic rings. The maximum Gasteiger partial charge on any atom is 0.158 e. The van der Waals surface area contributed by atoms with Gasteiger partial charge in [-0.05, 0) is 19.1 Å². The van der Waals surface area contributed by atoms with Crippen LogP contribution in [0, 0.1) is 0 Å². The van der Waals surface area contributed by atoms with Crippen LogP contribution in [-0.2, 0) is 6.54 Å². The summed E-state index contributed by atoms with van der Waals surface area (Å²) in [6.07, 6.45) is 5.40. The van der Waals surface area contributed by atoms with Crippen molar-refractivity contribution in [3.05, 3.63) is 30.7 Å². The second kappa shape index (κ2) is 4.10. The Morgan fingerprint density at radius 3 is 3.00 bits per heavy atom. The summed E-state index contributed by atoms with van der Waals surface area (Å²) < 4.78 is 2.03. The van der Waals surface area contributed by atoms with E-state index >= 15 is 0 Å². The second-order valence-corrected chi connectivity index (χ2v) is 3.11. The molecule has 0 amide bonds. The summed E-state index contributed by atoms with van der Waals surface area (Å²) in [4.78, 5) is 8.52. The Bertz CT molecular complexity index is 449. The Hall–Kier alpha value is -1.88. The maximum atomic E-state index is 5.34. The van der Waals surface area contributed by atoms with Crippen LogP contribution >= 0.6 is 0 Å². The zero-order valence-electron chi connectivity index (χ0n) is 8.51. The van der Waals surface area contributed by atoms with Crippen molar-refractivity contribution in [1.82, 2.24) is 14.5 Å². The minimum atomic E-state index is 0.817. The fraction of sp³-hybridized carbons (Fsp3) is 0.200. The molecule has 2 heterocycles. The van der Waals surface area contributed by atoms with Gasteiger partial charge in [-0.1, -0.05) is 0 Å². The molecule has 0 atom stereocenters. The second-order valence-electron chi connectivity index (χ2n) is 3.11. The SMILES string of the molecule is CCn1ccnc1-c1cc(NN)ccn1. The summed E-state index contributed by atoms with van der Waals surface area (Å²) in [6, 6.07) is 3.68. The topological polar surface area (TPSA) is 68.8 Å². The summed E-state index contributed by atoms with van der Waals surface area (Å²) in [5.74, 6) is 6.19. The van der Waals surface area contributed by atoms with Crippen LogP contribution in [0.4, 0.5) is 5.69 Å². The van der Waals surface area contributed by atoms with E-state index in [1.807, 2.05) is 22.9 Å². The molecule has 0 saturated heterocycles. The van der Waals surface area contributed by atoms with Gasteiger partial charge in [0.1, 0.15) is 5.69 Å². The van der Waals surface area contributed by atoms with Crippen molar-refractivity contribution < 1.29 is 0 Å². The Morgan fingerprint density at radius 1 is 1.40 bits per heavy atom. The van der Waals surface area contributed by atoms with Crippen LogP contribution in [0.25, 0.3) is 11.5 Å². The van der Waals surface area contributed by atoms with Gasteiger partial charge in [0.2, 0.25) is 0 Å². The zero-order valence-corrected chi connectivity index (χ0v) is 8.51. The van der Waals surface area contributed by atoms with Crippen LogP contribution in [0.2, 0.25) is 0 Å². The van der Waals surface area contributed by atoms with Gasteiger partial charge in [-0.15, -0.1) is 0 Å². The minimum absolute atomic E-state index is 0.817. The van der Waals surface area contributed by atoms with Crippen molar-refractivity contribution >= 4 is 5.69 Å². The largest absolute Gasteiger partial charge is 0.330 e. The van der Waals surface area contributed by atoms with Gasteiger partial charge in [0.05, 0.1) is 5.69 Å². The van der Waals surface area contributed by atoms with Crippen molar-refractivity contribution in [2.45, 2.75) is 13.5 Å². The lowest BCUT2D eigenvalue weighted by molar-refractivity contribution is 0.768. The molecule has 0 fully saturated rings. The molecular formula is C10H13N5. The molecule has 0 aromatic carbocycles. The van der Waals surface area contributed by atoms with Gasteiger partial charge >= 0.3 is 0 Å². The van der Waals surface area contributed by atoms with Crippen LogP contribution in [-0.4, -0.2) is 14.5 Å². The lowest BCUT2D eigenvalue weighted by Gasteiger charge is -2.05. The molecule has 0 bridgehead atoms. The third kappa shape index (κ3) is 1.82. The van der Waals surface area contributed by atoms with Gasteiger partial charge in [0.15, 0.2) is 5.82 Å². The molecule has 3 N–H and O–H groups in total. The number of anilines is 1. The van der Waals surface area contributed by atoms with E-state index in [1.54, 1.807) is 12.4 Å². The highest BCUT2D eigenvalue weighted by molar-refractivity contribution is 5.57. The number of pyridine rings is 1. The predicted octanol–water partition coefficient (Wildman–Crippen LogP) is 1.25. The third-order valence-corrected chi connectivity index (χ3v) is 2.21. The molecular weight excluding hydrogens is 190 g/mol. The van der Waals surface area contributed by atoms with Crippen molar-refractivity contribution in [3.8, 4) is 11.5 Å². The quantitative estimate of drug-likeness (QED) is 0.582. The molecule has 0 spiro atoms. The summed E-state index contributed by atoms with van der Waals surface area (Å²) >= 11 is 0. The number of hydrogen-bond acceptors (Lipinski definition) is 4. The van der Waals surface area contributed by atoms with Crippen molar-refractivity contribution in [2.75, 3.05) is 5.43 Å². The van der Waals surface area contributed by atoms with E-state index in [1.165, 1.54) is 0 Å². The Labute approximate surface area is 87.9 Å². The van der Waals surface area contributed by atoms with E-state index in [-0.39, 0.29) is 0 Å². The monoisotopic (exact) mass is 203 g/mol. The zero-order chi connectivity index (χ0) is 10.7. The molecule has 0 aliphatic rings. The molecule has 0 aliphatic heterocycles. The van der Waals surface area contributed by atoms with Crippen molar-refractivity contribution in [2.24, 2.45) is 5.84 Å². The molecule has 5 nitrogen and oxygen atoms in total. The highest BCUT2D eigenvalue weighted by atomic mass is 15.2. The lowest BCUT2D eigenvalue weighted by Crippen LogP contribution is -2.07. The van der Waals surface area contributed by atoms with Gasteiger partial charge in [0, 0.05) is 25.1 Å². The number of hydrogen-bond donors (Lipinski definition) is 2. The number of imidazole rings is 1. The fourth-order valence-electron chi connectivity index (χ4n) is 1.44. The van der Waals surface area contributed by atoms with Gasteiger partial charge < -0.3 is 9.99 Å². The van der Waals surface area contributed by atoms with Crippen LogP contribution in [0.5, 0.6) is 0 Å². The first-order valence-electron chi connectivity index (χ1n) is 4.79. The fourth-order valence-corrected chi connectivity index (χ4v) is 1.44. The number of rotatable bonds is 3. The smallest absolute Gasteiger partial charge is 0.158 e. The van der Waals surface area contributed by atoms with Gasteiger partial charge in [-0.2, -0.15) is 0 Å². The van der Waals surface area contributed by atoms with E-state index in [0.717, 1.165) is 23.8 Å². The first-order chi connectivity index (χ1) is 7.35. The van der Waals surface area contributed by atoms with Crippen LogP contribution in [0.3, 0.4) is 0 Å². The molecule has 5 heteroatoms. The molecule has 2 aromatic heterocycles. The van der Waals surface area contributed by atoms with Crippen LogP contribution in [0.15, 0.2) is 30.7 Å². The van der Waals surface area contributed by atoms with Crippen LogP contribution < -0.4 is 11.3 Å². The van der Waals surface area contributed by atoms with E-state index < -0.39 is 0 Å². The Balaban J connectivity index is 2.44. The number of aromatic nitrogens is 3. The van der Waals surface area contributed by atoms with Gasteiger partial charge in [-0.25, -0.2) is 4.98 Å². The van der Waals surface area contributed by atoms with Gasteiger partial charge in [0.25, 0.3) is 0 Å². The standard InChI is InChI=1S/C10H13N5/c1-2-15-6-5-13-10(15)9-7-8(14-11)3-4-12-9/h3-7H,2,11H2,1H3,(H,12,14). The van der Waals surface area contributed by atoms with Gasteiger partial charge in [-0.3, -0.25) is 10.8 Å². The Kier molecular flexibility index (Phi) is 2.64. The number of nitrogens with two attached hydrogens (primary N) is 1. The normalized spacial score (nSPS) is 10.3. The summed E-state index contributed by atoms with van der Waals surface area (Å²) in [5, 5.41) is 0. The van der Waals surface area contributed by atoms with E-state index in [9.17, 15) is 0 Å². The average molecular weight is 203 g/mol. The minimum Gasteiger partial charge on any atom is -0.330 e. The maximum absolute atomic E-state index is 5.34. The third-order valence-electron chi connectivity index (χ3n) is 2.21. The molecule has 78 valence electrons. The first kappa shape index (κ1) is 9.67. The number of nitrogen functional groups attached to an aromatic ring is 1. The molecule has 0 saturated carbocycles. The molecule has 2 rings (SSSR count). The number of nitrogens with one attached hydrogen (secondary N) is 1. The number of hydrazine groups is 1. The average Bonchev–Trinajstić information content (AvgIpc) is 2.77. The molecule has 0 radical (unpaired) electrons. The van der Waals surface area contributed by atoms with E-state index in [4.69, 9.17) is 5.84 Å². The highest BCUT2D eigenvalue weighted by Gasteiger charge is 2.06. The lowest BCUT2D eigenvalue weighted by atomic mass is 10.3. The molecule has 0 unspecified atom stereocenters. The molecule has 0 aliphatic carbocycles. The summed E-state index contributed by atoms with van der Waals surface area (Å²) in [5.41, 5.74) is 4.23. The predicted molar refractivity (Wildman–Crippen MR) is 58.9 cm³/mol. The van der Waals surface area contributed by atoms with Crippen LogP contribution in [0.1, 0.15) is 6.92 Å². The summed E-state index contributed by atoms with van der Waals surface area (Å²) in [6.45, 7) is 2.94. The number of aryl methyl sites for hydroxylation is 1. The Morgan fingerprint density at radius 2 is 2.27 bits per heavy atom. The van der Waals surface area contributed by atoms with Crippen molar-refractivity contribution in [1.29, 1.82) is 0 Å². The van der Waals surface area contributed by atoms with Crippen molar-refractivity contribution in [3.63, 3.8) is 0 Å². The highest BCUT2D eigenvalue weighted by Crippen LogP contribution is 2.17. The molecule has 15 heavy (non-hydrogen) atoms. The number of nitrogens with zero attached hydrogens (tertiary/aromatic N) is 3. The van der Waals surface area contributed by atoms with E-state index in [2.05, 4.69) is 22.3 Å². The summed E-state index contributed by atoms with van der Waals surface area (Å²) in [7, 11) is 0. The first-order valence-corrected chi connectivity index (χ1v) is 4.79.